The van der Waals surface area contributed by atoms with Crippen molar-refractivity contribution in [1.29, 1.82) is 0 Å². The van der Waals surface area contributed by atoms with Crippen molar-refractivity contribution in [1.82, 2.24) is 24.4 Å². The first kappa shape index (κ1) is 13.7. The van der Waals surface area contributed by atoms with Crippen LogP contribution in [0.2, 0.25) is 0 Å². The first-order valence-corrected chi connectivity index (χ1v) is 8.52. The molecule has 20 heavy (non-hydrogen) atoms. The summed E-state index contributed by atoms with van der Waals surface area (Å²) < 4.78 is 28.8. The molecule has 0 aromatic carbocycles. The molecule has 3 heterocycles. The molecule has 1 N–H and O–H groups in total. The Kier molecular flexibility index (Phi) is 3.59. The number of nitrogens with one attached hydrogen (secondary N) is 1. The Labute approximate surface area is 121 Å². The lowest BCUT2D eigenvalue weighted by molar-refractivity contribution is 0.335. The maximum Gasteiger partial charge on any atom is 0.244 e. The van der Waals surface area contributed by atoms with Crippen molar-refractivity contribution in [3.63, 3.8) is 0 Å². The molecule has 108 valence electrons. The lowest BCUT2D eigenvalue weighted by Crippen LogP contribution is -2.38. The van der Waals surface area contributed by atoms with Gasteiger partial charge >= 0.3 is 0 Å². The predicted molar refractivity (Wildman–Crippen MR) is 74.7 cm³/mol. The highest BCUT2D eigenvalue weighted by atomic mass is 32.2. The number of aromatic nitrogens is 3. The van der Waals surface area contributed by atoms with E-state index in [1.165, 1.54) is 15.6 Å². The average Bonchev–Trinajstić information content (AvgIpc) is 3.06. The number of hydrogen-bond acceptors (Lipinski definition) is 6. The van der Waals surface area contributed by atoms with Gasteiger partial charge in [-0.2, -0.15) is 4.31 Å². The second-order valence-corrected chi connectivity index (χ2v) is 7.42. The van der Waals surface area contributed by atoms with Gasteiger partial charge in [-0.3, -0.25) is 0 Å². The van der Waals surface area contributed by atoms with Gasteiger partial charge in [0.2, 0.25) is 10.0 Å². The zero-order valence-corrected chi connectivity index (χ0v) is 12.6. The van der Waals surface area contributed by atoms with E-state index in [2.05, 4.69) is 15.5 Å². The zero-order chi connectivity index (χ0) is 14.2. The summed E-state index contributed by atoms with van der Waals surface area (Å²) in [6, 6.07) is 1.67. The number of sulfonamides is 1. The molecular formula is C11H15N5O2S2. The maximum atomic E-state index is 12.7. The number of fused-ring (bicyclic) bond motifs is 1. The van der Waals surface area contributed by atoms with Crippen LogP contribution < -0.4 is 5.32 Å². The molecule has 2 aromatic heterocycles. The van der Waals surface area contributed by atoms with Crippen LogP contribution in [0.5, 0.6) is 0 Å². The van der Waals surface area contributed by atoms with E-state index >= 15 is 0 Å². The van der Waals surface area contributed by atoms with Crippen LogP contribution in [0.25, 0.3) is 0 Å². The largest absolute Gasteiger partial charge is 0.315 e. The number of thiophene rings is 1. The number of hydrogen-bond donors (Lipinski definition) is 1. The molecule has 0 fully saturated rings. The Bertz CT molecular complexity index is 706. The maximum absolute atomic E-state index is 12.7. The molecule has 0 saturated heterocycles. The van der Waals surface area contributed by atoms with Gasteiger partial charge in [0.1, 0.15) is 12.2 Å². The van der Waals surface area contributed by atoms with Crippen molar-refractivity contribution < 1.29 is 8.42 Å². The molecule has 0 atom stereocenters. The Morgan fingerprint density at radius 2 is 2.30 bits per heavy atom. The molecule has 3 rings (SSSR count). The van der Waals surface area contributed by atoms with Gasteiger partial charge in [0.15, 0.2) is 0 Å². The van der Waals surface area contributed by atoms with E-state index in [0.29, 0.717) is 30.4 Å². The van der Waals surface area contributed by atoms with E-state index < -0.39 is 10.0 Å². The zero-order valence-electron chi connectivity index (χ0n) is 11.0. The van der Waals surface area contributed by atoms with Gasteiger partial charge in [0.25, 0.3) is 0 Å². The van der Waals surface area contributed by atoms with E-state index in [1.54, 1.807) is 19.4 Å². The average molecular weight is 313 g/mol. The Balaban J connectivity index is 1.91. The molecule has 0 unspecified atom stereocenters. The topological polar surface area (TPSA) is 80.1 Å². The molecular weight excluding hydrogens is 298 g/mol. The van der Waals surface area contributed by atoms with Crippen LogP contribution in [0.1, 0.15) is 10.7 Å². The molecule has 0 aliphatic carbocycles. The first-order valence-electron chi connectivity index (χ1n) is 6.20. The SMILES string of the molecule is CNCc1sccc1S(=O)(=O)N1CCn2cnnc2C1. The van der Waals surface area contributed by atoms with Crippen LogP contribution in [0.3, 0.4) is 0 Å². The normalized spacial score (nSPS) is 16.2. The highest BCUT2D eigenvalue weighted by Crippen LogP contribution is 2.27. The summed E-state index contributed by atoms with van der Waals surface area (Å²) in [6.45, 7) is 1.86. The van der Waals surface area contributed by atoms with Gasteiger partial charge < -0.3 is 9.88 Å². The summed E-state index contributed by atoms with van der Waals surface area (Å²) in [6.07, 6.45) is 1.64. The predicted octanol–water partition coefficient (Wildman–Crippen LogP) is 0.263. The van der Waals surface area contributed by atoms with E-state index in [1.807, 2.05) is 9.95 Å². The summed E-state index contributed by atoms with van der Waals surface area (Å²) in [5.74, 6) is 0.685. The Hall–Kier alpha value is -1.29. The Morgan fingerprint density at radius 1 is 1.45 bits per heavy atom. The summed E-state index contributed by atoms with van der Waals surface area (Å²) >= 11 is 1.45. The molecule has 0 amide bonds. The minimum Gasteiger partial charge on any atom is -0.315 e. The third-order valence-corrected chi connectivity index (χ3v) is 6.24. The fraction of sp³-hybridized carbons (Fsp3) is 0.455. The van der Waals surface area contributed by atoms with Crippen molar-refractivity contribution in [3.8, 4) is 0 Å². The van der Waals surface area contributed by atoms with Crippen LogP contribution in [0, 0.1) is 0 Å². The van der Waals surface area contributed by atoms with Crippen LogP contribution in [-0.4, -0.2) is 41.1 Å². The van der Waals surface area contributed by atoms with Gasteiger partial charge in [-0.1, -0.05) is 0 Å². The minimum atomic E-state index is -3.47. The fourth-order valence-electron chi connectivity index (χ4n) is 2.24. The highest BCUT2D eigenvalue weighted by molar-refractivity contribution is 7.89. The first-order chi connectivity index (χ1) is 9.63. The van der Waals surface area contributed by atoms with Crippen molar-refractivity contribution in [3.05, 3.63) is 28.5 Å². The quantitative estimate of drug-likeness (QED) is 0.876. The highest BCUT2D eigenvalue weighted by Gasteiger charge is 2.31. The molecule has 7 nitrogen and oxygen atoms in total. The lowest BCUT2D eigenvalue weighted by Gasteiger charge is -2.26. The van der Waals surface area contributed by atoms with E-state index in [0.717, 1.165) is 4.88 Å². The molecule has 1 aliphatic heterocycles. The molecule has 0 spiro atoms. The standard InChI is InChI=1S/C11H15N5O2S2/c1-12-6-9-10(2-5-19-9)20(17,18)16-4-3-15-8-13-14-11(15)7-16/h2,5,8,12H,3-4,6-7H2,1H3. The second-order valence-electron chi connectivity index (χ2n) is 4.52. The molecule has 9 heteroatoms. The van der Waals surface area contributed by atoms with E-state index in [-0.39, 0.29) is 6.54 Å². The molecule has 0 saturated carbocycles. The van der Waals surface area contributed by atoms with Crippen LogP contribution in [0.15, 0.2) is 22.7 Å². The number of rotatable bonds is 4. The lowest BCUT2D eigenvalue weighted by atomic mass is 10.4. The van der Waals surface area contributed by atoms with Crippen molar-refractivity contribution in [2.75, 3.05) is 13.6 Å². The summed E-state index contributed by atoms with van der Waals surface area (Å²) in [7, 11) is -1.66. The summed E-state index contributed by atoms with van der Waals surface area (Å²) in [5.41, 5.74) is 0. The van der Waals surface area contributed by atoms with Crippen LogP contribution in [-0.2, 0) is 29.7 Å². The summed E-state index contributed by atoms with van der Waals surface area (Å²) in [5, 5.41) is 12.6. The molecule has 2 aromatic rings. The summed E-state index contributed by atoms with van der Waals surface area (Å²) in [4.78, 5) is 1.23. The number of nitrogens with zero attached hydrogens (tertiary/aromatic N) is 4. The Morgan fingerprint density at radius 3 is 3.10 bits per heavy atom. The van der Waals surface area contributed by atoms with Crippen LogP contribution >= 0.6 is 11.3 Å². The van der Waals surface area contributed by atoms with E-state index in [4.69, 9.17) is 0 Å². The third kappa shape index (κ3) is 2.26. The monoisotopic (exact) mass is 313 g/mol. The van der Waals surface area contributed by atoms with Crippen molar-refractivity contribution in [2.24, 2.45) is 0 Å². The smallest absolute Gasteiger partial charge is 0.244 e. The van der Waals surface area contributed by atoms with Gasteiger partial charge in [-0.05, 0) is 18.5 Å². The fourth-order valence-corrected chi connectivity index (χ4v) is 5.05. The van der Waals surface area contributed by atoms with Crippen LogP contribution in [0.4, 0.5) is 0 Å². The van der Waals surface area contributed by atoms with Gasteiger partial charge in [-0.25, -0.2) is 8.42 Å². The second kappa shape index (κ2) is 5.24. The molecule has 0 bridgehead atoms. The van der Waals surface area contributed by atoms with E-state index in [9.17, 15) is 8.42 Å². The van der Waals surface area contributed by atoms with Crippen molar-refractivity contribution >= 4 is 21.4 Å². The van der Waals surface area contributed by atoms with Gasteiger partial charge in [0.05, 0.1) is 11.4 Å². The van der Waals surface area contributed by atoms with Gasteiger partial charge in [-0.15, -0.1) is 21.5 Å². The minimum absolute atomic E-state index is 0.275. The van der Waals surface area contributed by atoms with Crippen molar-refractivity contribution in [2.45, 2.75) is 24.5 Å². The third-order valence-electron chi connectivity index (χ3n) is 3.26. The van der Waals surface area contributed by atoms with Gasteiger partial charge in [0, 0.05) is 24.5 Å². The molecule has 0 radical (unpaired) electrons. The molecule has 1 aliphatic rings.